The molecule has 112 valence electrons. The maximum atomic E-state index is 6.18. The summed E-state index contributed by atoms with van der Waals surface area (Å²) < 4.78 is 5.62. The first-order valence-corrected chi connectivity index (χ1v) is 8.09. The van der Waals surface area contributed by atoms with E-state index in [0.29, 0.717) is 6.10 Å². The predicted octanol–water partition coefficient (Wildman–Crippen LogP) is 2.64. The molecule has 1 aliphatic heterocycles. The number of nitrogens with zero attached hydrogens (tertiary/aromatic N) is 1. The lowest BCUT2D eigenvalue weighted by atomic mass is 9.76. The van der Waals surface area contributed by atoms with Gasteiger partial charge < -0.3 is 10.5 Å². The molecule has 2 fully saturated rings. The van der Waals surface area contributed by atoms with Crippen LogP contribution in [-0.4, -0.2) is 43.3 Å². The molecule has 3 nitrogen and oxygen atoms in total. The van der Waals surface area contributed by atoms with Gasteiger partial charge in [0.1, 0.15) is 0 Å². The lowest BCUT2D eigenvalue weighted by Gasteiger charge is -2.50. The third-order valence-corrected chi connectivity index (χ3v) is 5.64. The highest BCUT2D eigenvalue weighted by atomic mass is 16.5. The minimum absolute atomic E-state index is 0.223. The van der Waals surface area contributed by atoms with Gasteiger partial charge in [-0.1, -0.05) is 13.8 Å². The number of hydrogen-bond acceptors (Lipinski definition) is 3. The number of piperidine rings is 1. The summed E-state index contributed by atoms with van der Waals surface area (Å²) in [6, 6.07) is 0. The van der Waals surface area contributed by atoms with Crippen molar-refractivity contribution in [2.75, 3.05) is 26.7 Å². The highest BCUT2D eigenvalue weighted by molar-refractivity contribution is 4.98. The summed E-state index contributed by atoms with van der Waals surface area (Å²) in [5, 5.41) is 0. The van der Waals surface area contributed by atoms with E-state index in [2.05, 4.69) is 18.7 Å². The van der Waals surface area contributed by atoms with Crippen molar-refractivity contribution in [1.29, 1.82) is 0 Å². The zero-order valence-electron chi connectivity index (χ0n) is 13.0. The number of methoxy groups -OCH3 is 1. The Morgan fingerprint density at radius 1 is 1.26 bits per heavy atom. The van der Waals surface area contributed by atoms with Crippen molar-refractivity contribution < 1.29 is 4.74 Å². The lowest BCUT2D eigenvalue weighted by molar-refractivity contribution is -0.0369. The Hall–Kier alpha value is -0.120. The van der Waals surface area contributed by atoms with Crippen LogP contribution >= 0.6 is 0 Å². The molecule has 2 N–H and O–H groups in total. The number of likely N-dealkylation sites (tertiary alicyclic amines) is 1. The fourth-order valence-electron chi connectivity index (χ4n) is 4.13. The minimum Gasteiger partial charge on any atom is -0.381 e. The summed E-state index contributed by atoms with van der Waals surface area (Å²) in [5.41, 5.74) is 6.41. The molecular weight excluding hydrogens is 236 g/mol. The molecule has 2 rings (SSSR count). The van der Waals surface area contributed by atoms with Gasteiger partial charge in [-0.05, 0) is 63.5 Å². The highest BCUT2D eigenvalue weighted by Gasteiger charge is 2.41. The van der Waals surface area contributed by atoms with Gasteiger partial charge in [0.05, 0.1) is 6.10 Å². The monoisotopic (exact) mass is 268 g/mol. The van der Waals surface area contributed by atoms with Crippen molar-refractivity contribution in [2.24, 2.45) is 17.6 Å². The maximum absolute atomic E-state index is 6.18. The van der Waals surface area contributed by atoms with E-state index in [0.717, 1.165) is 24.8 Å². The summed E-state index contributed by atoms with van der Waals surface area (Å²) >= 11 is 0. The summed E-state index contributed by atoms with van der Waals surface area (Å²) in [6.07, 6.45) is 7.97. The second-order valence-electron chi connectivity index (χ2n) is 6.95. The smallest absolute Gasteiger partial charge is 0.0589 e. The average molecular weight is 268 g/mol. The summed E-state index contributed by atoms with van der Waals surface area (Å²) in [6.45, 7) is 7.98. The molecule has 1 saturated heterocycles. The summed E-state index contributed by atoms with van der Waals surface area (Å²) in [4.78, 5) is 2.69. The van der Waals surface area contributed by atoms with Gasteiger partial charge in [-0.15, -0.1) is 0 Å². The van der Waals surface area contributed by atoms with Gasteiger partial charge in [0.2, 0.25) is 0 Å². The molecule has 19 heavy (non-hydrogen) atoms. The van der Waals surface area contributed by atoms with E-state index in [-0.39, 0.29) is 5.54 Å². The zero-order valence-corrected chi connectivity index (χ0v) is 13.0. The van der Waals surface area contributed by atoms with Crippen LogP contribution in [0.4, 0.5) is 0 Å². The van der Waals surface area contributed by atoms with Crippen molar-refractivity contribution in [1.82, 2.24) is 4.90 Å². The fourth-order valence-corrected chi connectivity index (χ4v) is 4.13. The van der Waals surface area contributed by atoms with Gasteiger partial charge in [-0.25, -0.2) is 0 Å². The predicted molar refractivity (Wildman–Crippen MR) is 80.2 cm³/mol. The van der Waals surface area contributed by atoms with Crippen molar-refractivity contribution in [3.8, 4) is 0 Å². The Bertz CT molecular complexity index is 274. The molecule has 1 aliphatic carbocycles. The summed E-state index contributed by atoms with van der Waals surface area (Å²) in [7, 11) is 1.85. The normalized spacial score (nSPS) is 34.9. The van der Waals surface area contributed by atoms with Gasteiger partial charge in [-0.2, -0.15) is 0 Å². The van der Waals surface area contributed by atoms with Crippen LogP contribution in [0, 0.1) is 11.8 Å². The van der Waals surface area contributed by atoms with Crippen LogP contribution in [0.5, 0.6) is 0 Å². The first kappa shape index (κ1) is 15.3. The van der Waals surface area contributed by atoms with Crippen molar-refractivity contribution in [3.05, 3.63) is 0 Å². The van der Waals surface area contributed by atoms with Gasteiger partial charge >= 0.3 is 0 Å². The van der Waals surface area contributed by atoms with Crippen LogP contribution in [0.1, 0.15) is 52.4 Å². The Morgan fingerprint density at radius 2 is 1.95 bits per heavy atom. The van der Waals surface area contributed by atoms with Crippen LogP contribution in [0.3, 0.4) is 0 Å². The number of hydrogen-bond donors (Lipinski definition) is 1. The number of rotatable bonds is 4. The maximum Gasteiger partial charge on any atom is 0.0589 e. The quantitative estimate of drug-likeness (QED) is 0.852. The van der Waals surface area contributed by atoms with Crippen LogP contribution in [0.15, 0.2) is 0 Å². The standard InChI is InChI=1S/C16H32N2O/c1-13(2)14-6-9-18(10-7-14)16(12-17)8-4-5-15(11-16)19-3/h13-15H,4-12,17H2,1-3H3. The largest absolute Gasteiger partial charge is 0.381 e. The Balaban J connectivity index is 1.98. The topological polar surface area (TPSA) is 38.5 Å². The van der Waals surface area contributed by atoms with Crippen LogP contribution in [0.25, 0.3) is 0 Å². The third kappa shape index (κ3) is 3.32. The molecule has 1 saturated carbocycles. The van der Waals surface area contributed by atoms with E-state index in [9.17, 15) is 0 Å². The molecule has 3 heteroatoms. The zero-order chi connectivity index (χ0) is 13.9. The molecule has 0 aromatic carbocycles. The minimum atomic E-state index is 0.223. The van der Waals surface area contributed by atoms with E-state index < -0.39 is 0 Å². The second kappa shape index (κ2) is 6.55. The molecule has 0 spiro atoms. The van der Waals surface area contributed by atoms with Gasteiger partial charge in [0.25, 0.3) is 0 Å². The lowest BCUT2D eigenvalue weighted by Crippen LogP contribution is -2.59. The van der Waals surface area contributed by atoms with Crippen LogP contribution < -0.4 is 5.73 Å². The SMILES string of the molecule is COC1CCCC(CN)(N2CCC(C(C)C)CC2)C1. The third-order valence-electron chi connectivity index (χ3n) is 5.64. The van der Waals surface area contributed by atoms with Crippen LogP contribution in [-0.2, 0) is 4.74 Å². The molecule has 2 atom stereocenters. The van der Waals surface area contributed by atoms with Gasteiger partial charge in [-0.3, -0.25) is 4.90 Å². The molecule has 0 aromatic heterocycles. The van der Waals surface area contributed by atoms with E-state index >= 15 is 0 Å². The molecule has 2 unspecified atom stereocenters. The first-order valence-electron chi connectivity index (χ1n) is 8.09. The molecular formula is C16H32N2O. The number of ether oxygens (including phenoxy) is 1. The van der Waals surface area contributed by atoms with E-state index in [1.807, 2.05) is 7.11 Å². The number of nitrogens with two attached hydrogens (primary N) is 1. The molecule has 0 radical (unpaired) electrons. The average Bonchev–Trinajstić information content (AvgIpc) is 2.47. The fraction of sp³-hybridized carbons (Fsp3) is 1.00. The van der Waals surface area contributed by atoms with Gasteiger partial charge in [0.15, 0.2) is 0 Å². The molecule has 2 aliphatic rings. The molecule has 1 heterocycles. The molecule has 0 amide bonds. The van der Waals surface area contributed by atoms with Gasteiger partial charge in [0, 0.05) is 19.2 Å². The van der Waals surface area contributed by atoms with Crippen LogP contribution in [0.2, 0.25) is 0 Å². The molecule has 0 aromatic rings. The van der Waals surface area contributed by atoms with Crippen molar-refractivity contribution >= 4 is 0 Å². The van der Waals surface area contributed by atoms with Crippen molar-refractivity contribution in [2.45, 2.75) is 64.0 Å². The molecule has 0 bridgehead atoms. The van der Waals surface area contributed by atoms with E-state index in [1.54, 1.807) is 0 Å². The van der Waals surface area contributed by atoms with E-state index in [4.69, 9.17) is 10.5 Å². The first-order chi connectivity index (χ1) is 9.11. The highest BCUT2D eigenvalue weighted by Crippen LogP contribution is 2.37. The van der Waals surface area contributed by atoms with Crippen molar-refractivity contribution in [3.63, 3.8) is 0 Å². The Kier molecular flexibility index (Phi) is 5.27. The second-order valence-corrected chi connectivity index (χ2v) is 6.95. The Labute approximate surface area is 118 Å². The Morgan fingerprint density at radius 3 is 2.47 bits per heavy atom. The summed E-state index contributed by atoms with van der Waals surface area (Å²) in [5.74, 6) is 1.74. The van der Waals surface area contributed by atoms with E-state index in [1.165, 1.54) is 45.2 Å².